The molecule has 0 aliphatic rings. The van der Waals surface area contributed by atoms with Crippen LogP contribution in [0.1, 0.15) is 45.6 Å². The Morgan fingerprint density at radius 2 is 1.93 bits per heavy atom. The molecule has 0 spiro atoms. The second-order valence-electron chi connectivity index (χ2n) is 6.61. The number of fused-ring (bicyclic) bond motifs is 1. The van der Waals surface area contributed by atoms with Crippen molar-refractivity contribution >= 4 is 28.6 Å². The van der Waals surface area contributed by atoms with E-state index in [2.05, 4.69) is 29.1 Å². The minimum absolute atomic E-state index is 0.0325. The van der Waals surface area contributed by atoms with Gasteiger partial charge in [0.2, 0.25) is 0 Å². The van der Waals surface area contributed by atoms with Crippen LogP contribution in [0.2, 0.25) is 0 Å². The number of pyridine rings is 2. The molecule has 0 aliphatic heterocycles. The summed E-state index contributed by atoms with van der Waals surface area (Å²) in [4.78, 5) is 19.7. The first-order chi connectivity index (χ1) is 13.6. The molecule has 0 radical (unpaired) electrons. The number of Topliss-reactive ketones (excluding diaryl/α,β-unsaturated/α-hetero) is 1. The van der Waals surface area contributed by atoms with Crippen LogP contribution in [0.4, 0.5) is 5.69 Å². The average Bonchev–Trinajstić information content (AvgIpc) is 2.73. The fourth-order valence-corrected chi connectivity index (χ4v) is 2.80. The molecule has 0 fully saturated rings. The molecule has 146 valence electrons. The Balaban J connectivity index is 0.000000500. The number of hydrogen-bond donors (Lipinski definition) is 2. The van der Waals surface area contributed by atoms with Gasteiger partial charge in [0, 0.05) is 35.1 Å². The molecule has 2 heterocycles. The van der Waals surface area contributed by atoms with Gasteiger partial charge in [-0.2, -0.15) is 0 Å². The van der Waals surface area contributed by atoms with E-state index in [1.165, 1.54) is 32.4 Å². The highest BCUT2D eigenvalue weighted by atomic mass is 16.1. The van der Waals surface area contributed by atoms with Gasteiger partial charge in [-0.25, -0.2) is 0 Å². The van der Waals surface area contributed by atoms with Crippen molar-refractivity contribution in [2.24, 2.45) is 0 Å². The molecule has 3 aromatic rings. The number of anilines is 1. The van der Waals surface area contributed by atoms with Crippen LogP contribution < -0.4 is 5.32 Å². The molecule has 2 aromatic heterocycles. The number of ketones is 1. The number of benzene rings is 1. The van der Waals surface area contributed by atoms with E-state index in [-0.39, 0.29) is 12.3 Å². The Labute approximate surface area is 166 Å². The van der Waals surface area contributed by atoms with Gasteiger partial charge in [0.1, 0.15) is 5.78 Å². The maximum absolute atomic E-state index is 11.2. The zero-order valence-electron chi connectivity index (χ0n) is 16.8. The number of carbonyl (C=O) groups excluding carboxylic acids is 1. The molecule has 0 saturated heterocycles. The Hall–Kier alpha value is -3.08. The van der Waals surface area contributed by atoms with Gasteiger partial charge < -0.3 is 10.7 Å². The fraction of sp³-hybridized carbons (Fsp3) is 0.304. The lowest BCUT2D eigenvalue weighted by molar-refractivity contribution is -0.115. The van der Waals surface area contributed by atoms with Crippen molar-refractivity contribution in [2.75, 3.05) is 11.9 Å². The van der Waals surface area contributed by atoms with Crippen molar-refractivity contribution in [3.8, 4) is 11.1 Å². The SMILES string of the molecule is CC(=O)CNc1cnc2ccc(-c3cccnc3)cc2c1C=N.CCCCC. The first-order valence-corrected chi connectivity index (χ1v) is 9.67. The molecule has 0 unspecified atom stereocenters. The molecule has 2 N–H and O–H groups in total. The Morgan fingerprint density at radius 1 is 1.14 bits per heavy atom. The fourth-order valence-electron chi connectivity index (χ4n) is 2.80. The standard InChI is InChI=1S/C18H16N4O.C5H12/c1-12(23)9-21-18-11-22-17-5-4-13(7-15(17)16(18)8-19)14-3-2-6-20-10-14;1-3-5-4-2/h2-8,10-11,19,21H,9H2,1H3;3-5H2,1-2H3. The number of hydrogen-bond acceptors (Lipinski definition) is 5. The van der Waals surface area contributed by atoms with E-state index in [0.717, 1.165) is 27.6 Å². The third kappa shape index (κ3) is 5.71. The summed E-state index contributed by atoms with van der Waals surface area (Å²) >= 11 is 0. The highest BCUT2D eigenvalue weighted by molar-refractivity contribution is 6.04. The second kappa shape index (κ2) is 10.9. The van der Waals surface area contributed by atoms with Gasteiger partial charge in [-0.15, -0.1) is 0 Å². The van der Waals surface area contributed by atoms with Gasteiger partial charge in [0.15, 0.2) is 0 Å². The summed E-state index contributed by atoms with van der Waals surface area (Å²) in [7, 11) is 0. The average molecular weight is 377 g/mol. The van der Waals surface area contributed by atoms with Crippen LogP contribution in [0.5, 0.6) is 0 Å². The molecule has 3 rings (SSSR count). The molecule has 1 aromatic carbocycles. The van der Waals surface area contributed by atoms with Crippen LogP contribution in [-0.4, -0.2) is 28.5 Å². The maximum Gasteiger partial charge on any atom is 0.148 e. The minimum atomic E-state index is 0.0325. The summed E-state index contributed by atoms with van der Waals surface area (Å²) in [5.74, 6) is 0.0325. The topological polar surface area (TPSA) is 78.7 Å². The molecule has 0 atom stereocenters. The molecular formula is C23H28N4O. The lowest BCUT2D eigenvalue weighted by Crippen LogP contribution is -2.11. The second-order valence-corrected chi connectivity index (χ2v) is 6.61. The van der Waals surface area contributed by atoms with Crippen LogP contribution >= 0.6 is 0 Å². The number of nitrogens with one attached hydrogen (secondary N) is 2. The molecule has 5 heteroatoms. The van der Waals surface area contributed by atoms with Crippen molar-refractivity contribution < 1.29 is 4.79 Å². The van der Waals surface area contributed by atoms with Gasteiger partial charge in [0.05, 0.1) is 23.9 Å². The summed E-state index contributed by atoms with van der Waals surface area (Å²) in [6.45, 7) is 6.16. The van der Waals surface area contributed by atoms with Crippen LogP contribution in [0, 0.1) is 5.41 Å². The lowest BCUT2D eigenvalue weighted by atomic mass is 10.0. The molecular weight excluding hydrogens is 348 g/mol. The van der Waals surface area contributed by atoms with Crippen molar-refractivity contribution in [1.82, 2.24) is 9.97 Å². The molecule has 0 amide bonds. The van der Waals surface area contributed by atoms with E-state index >= 15 is 0 Å². The number of unbranched alkanes of at least 4 members (excludes halogenated alkanes) is 2. The highest BCUT2D eigenvalue weighted by Gasteiger charge is 2.09. The van der Waals surface area contributed by atoms with Crippen LogP contribution in [-0.2, 0) is 4.79 Å². The zero-order valence-corrected chi connectivity index (χ0v) is 16.8. The summed E-state index contributed by atoms with van der Waals surface area (Å²) in [6, 6.07) is 9.80. The normalized spacial score (nSPS) is 10.1. The number of rotatable bonds is 7. The van der Waals surface area contributed by atoms with Crippen LogP contribution in [0.15, 0.2) is 48.9 Å². The summed E-state index contributed by atoms with van der Waals surface area (Å²) in [5, 5.41) is 11.6. The van der Waals surface area contributed by atoms with Gasteiger partial charge in [-0.3, -0.25) is 14.8 Å². The lowest BCUT2D eigenvalue weighted by Gasteiger charge is -2.11. The zero-order chi connectivity index (χ0) is 20.4. The third-order valence-corrected chi connectivity index (χ3v) is 4.28. The predicted octanol–water partition coefficient (Wildman–Crippen LogP) is 5.49. The number of nitrogens with zero attached hydrogens (tertiary/aromatic N) is 2. The molecule has 0 bridgehead atoms. The quantitative estimate of drug-likeness (QED) is 0.534. The van der Waals surface area contributed by atoms with E-state index < -0.39 is 0 Å². The van der Waals surface area contributed by atoms with Crippen molar-refractivity contribution in [3.63, 3.8) is 0 Å². The van der Waals surface area contributed by atoms with Gasteiger partial charge >= 0.3 is 0 Å². The molecule has 28 heavy (non-hydrogen) atoms. The van der Waals surface area contributed by atoms with E-state index in [0.29, 0.717) is 5.69 Å². The molecule has 5 nitrogen and oxygen atoms in total. The van der Waals surface area contributed by atoms with Crippen LogP contribution in [0.3, 0.4) is 0 Å². The summed E-state index contributed by atoms with van der Waals surface area (Å²) < 4.78 is 0. The largest absolute Gasteiger partial charge is 0.376 e. The maximum atomic E-state index is 11.2. The minimum Gasteiger partial charge on any atom is -0.376 e. The first kappa shape index (κ1) is 21.2. The highest BCUT2D eigenvalue weighted by Crippen LogP contribution is 2.28. The van der Waals surface area contributed by atoms with Crippen molar-refractivity contribution in [2.45, 2.75) is 40.0 Å². The Morgan fingerprint density at radius 3 is 2.50 bits per heavy atom. The van der Waals surface area contributed by atoms with Gasteiger partial charge in [0.25, 0.3) is 0 Å². The third-order valence-electron chi connectivity index (χ3n) is 4.28. The van der Waals surface area contributed by atoms with E-state index in [1.807, 2.05) is 30.3 Å². The van der Waals surface area contributed by atoms with Crippen molar-refractivity contribution in [3.05, 3.63) is 54.5 Å². The molecule has 0 aliphatic carbocycles. The Kier molecular flexibility index (Phi) is 8.28. The number of carbonyl (C=O) groups is 1. The Bertz CT molecular complexity index is 921. The number of aromatic nitrogens is 2. The van der Waals surface area contributed by atoms with E-state index in [4.69, 9.17) is 5.41 Å². The van der Waals surface area contributed by atoms with E-state index in [1.54, 1.807) is 18.6 Å². The summed E-state index contributed by atoms with van der Waals surface area (Å²) in [6.07, 6.45) is 10.6. The van der Waals surface area contributed by atoms with Gasteiger partial charge in [-0.1, -0.05) is 45.2 Å². The van der Waals surface area contributed by atoms with Gasteiger partial charge in [-0.05, 0) is 30.7 Å². The van der Waals surface area contributed by atoms with Crippen molar-refractivity contribution in [1.29, 1.82) is 5.41 Å². The monoisotopic (exact) mass is 376 g/mol. The molecule has 0 saturated carbocycles. The smallest absolute Gasteiger partial charge is 0.148 e. The van der Waals surface area contributed by atoms with Crippen LogP contribution in [0.25, 0.3) is 22.0 Å². The van der Waals surface area contributed by atoms with E-state index in [9.17, 15) is 4.79 Å². The first-order valence-electron chi connectivity index (χ1n) is 9.67. The predicted molar refractivity (Wildman–Crippen MR) is 117 cm³/mol. The summed E-state index contributed by atoms with van der Waals surface area (Å²) in [5.41, 5.74) is 4.24.